The summed E-state index contributed by atoms with van der Waals surface area (Å²) in [6.07, 6.45) is 0.113. The summed E-state index contributed by atoms with van der Waals surface area (Å²) in [4.78, 5) is 23.6. The van der Waals surface area contributed by atoms with Crippen molar-refractivity contribution in [2.45, 2.75) is 60.0 Å². The van der Waals surface area contributed by atoms with Gasteiger partial charge in [-0.25, -0.2) is 0 Å². The monoisotopic (exact) mass is 257 g/mol. The van der Waals surface area contributed by atoms with Gasteiger partial charge in [0, 0.05) is 12.0 Å². The van der Waals surface area contributed by atoms with E-state index in [-0.39, 0.29) is 30.1 Å². The number of ether oxygens (including phenoxy) is 1. The average Bonchev–Trinajstić information content (AvgIpc) is 2.23. The standard InChI is InChI=1S/C14H27NO3/c1-9(2)8-18-13(16)7-12(15-11(5)6)14(17)10(3)4/h9-12,15H,7-8H2,1-6H3/t12-/m0/s1. The summed E-state index contributed by atoms with van der Waals surface area (Å²) in [5.74, 6) is -0.0218. The average molecular weight is 257 g/mol. The molecule has 0 aliphatic heterocycles. The normalized spacial score (nSPS) is 13.2. The zero-order chi connectivity index (χ0) is 14.3. The van der Waals surface area contributed by atoms with Crippen LogP contribution in [0.2, 0.25) is 0 Å². The first-order chi connectivity index (χ1) is 8.23. The first kappa shape index (κ1) is 17.1. The highest BCUT2D eigenvalue weighted by molar-refractivity contribution is 5.89. The Bertz CT molecular complexity index is 272. The number of hydrogen-bond donors (Lipinski definition) is 1. The Balaban J connectivity index is 4.40. The van der Waals surface area contributed by atoms with Crippen LogP contribution >= 0.6 is 0 Å². The van der Waals surface area contributed by atoms with Crippen LogP contribution in [0.4, 0.5) is 0 Å². The molecule has 4 heteroatoms. The molecular weight excluding hydrogens is 230 g/mol. The Morgan fingerprint density at radius 3 is 2.00 bits per heavy atom. The number of carbonyl (C=O) groups is 2. The molecule has 0 bridgehead atoms. The smallest absolute Gasteiger partial charge is 0.307 e. The van der Waals surface area contributed by atoms with Crippen molar-refractivity contribution in [3.8, 4) is 0 Å². The Labute approximate surface area is 110 Å². The third-order valence-electron chi connectivity index (χ3n) is 2.40. The van der Waals surface area contributed by atoms with Gasteiger partial charge in [-0.3, -0.25) is 9.59 Å². The molecule has 0 aliphatic carbocycles. The highest BCUT2D eigenvalue weighted by Gasteiger charge is 2.25. The van der Waals surface area contributed by atoms with Crippen LogP contribution in [-0.4, -0.2) is 30.4 Å². The largest absolute Gasteiger partial charge is 0.465 e. The molecule has 0 unspecified atom stereocenters. The quantitative estimate of drug-likeness (QED) is 0.677. The SMILES string of the molecule is CC(C)COC(=O)C[C@H](NC(C)C)C(=O)C(C)C. The molecule has 0 amide bonds. The molecule has 18 heavy (non-hydrogen) atoms. The molecule has 0 aliphatic rings. The van der Waals surface area contributed by atoms with Gasteiger partial charge in [-0.05, 0) is 5.92 Å². The van der Waals surface area contributed by atoms with Gasteiger partial charge in [0.05, 0.1) is 19.1 Å². The molecule has 0 fully saturated rings. The van der Waals surface area contributed by atoms with Crippen molar-refractivity contribution in [2.75, 3.05) is 6.61 Å². The Kier molecular flexibility index (Phi) is 7.83. The Morgan fingerprint density at radius 1 is 1.06 bits per heavy atom. The minimum atomic E-state index is -0.440. The fraction of sp³-hybridized carbons (Fsp3) is 0.857. The van der Waals surface area contributed by atoms with Crippen LogP contribution in [0.3, 0.4) is 0 Å². The second kappa shape index (κ2) is 8.25. The zero-order valence-corrected chi connectivity index (χ0v) is 12.4. The molecule has 4 nitrogen and oxygen atoms in total. The molecule has 1 atom stereocenters. The van der Waals surface area contributed by atoms with Crippen LogP contribution in [0.15, 0.2) is 0 Å². The number of rotatable bonds is 8. The maximum Gasteiger partial charge on any atom is 0.307 e. The van der Waals surface area contributed by atoms with Crippen LogP contribution in [-0.2, 0) is 14.3 Å². The van der Waals surface area contributed by atoms with Crippen LogP contribution < -0.4 is 5.32 Å². The van der Waals surface area contributed by atoms with Crippen molar-refractivity contribution in [3.05, 3.63) is 0 Å². The lowest BCUT2D eigenvalue weighted by Crippen LogP contribution is -2.44. The van der Waals surface area contributed by atoms with E-state index in [0.717, 1.165) is 0 Å². The Hall–Kier alpha value is -0.900. The summed E-state index contributed by atoms with van der Waals surface area (Å²) in [6, 6.07) is -0.278. The first-order valence-corrected chi connectivity index (χ1v) is 6.69. The molecule has 0 aromatic heterocycles. The van der Waals surface area contributed by atoms with Gasteiger partial charge >= 0.3 is 5.97 Å². The number of carbonyl (C=O) groups excluding carboxylic acids is 2. The number of ketones is 1. The number of hydrogen-bond acceptors (Lipinski definition) is 4. The van der Waals surface area contributed by atoms with Crippen molar-refractivity contribution in [1.82, 2.24) is 5.32 Å². The predicted octanol–water partition coefficient (Wildman–Crippen LogP) is 2.17. The van der Waals surface area contributed by atoms with Gasteiger partial charge < -0.3 is 10.1 Å². The molecule has 0 saturated heterocycles. The van der Waals surface area contributed by atoms with E-state index in [1.54, 1.807) is 0 Å². The highest BCUT2D eigenvalue weighted by atomic mass is 16.5. The molecule has 1 N–H and O–H groups in total. The summed E-state index contributed by atoms with van der Waals surface area (Å²) >= 11 is 0. The topological polar surface area (TPSA) is 55.4 Å². The predicted molar refractivity (Wildman–Crippen MR) is 72.3 cm³/mol. The van der Waals surface area contributed by atoms with Crippen molar-refractivity contribution in [1.29, 1.82) is 0 Å². The van der Waals surface area contributed by atoms with E-state index in [1.165, 1.54) is 0 Å². The summed E-state index contributed by atoms with van der Waals surface area (Å²) in [7, 11) is 0. The lowest BCUT2D eigenvalue weighted by Gasteiger charge is -2.21. The second-order valence-corrected chi connectivity index (χ2v) is 5.71. The van der Waals surface area contributed by atoms with E-state index in [1.807, 2.05) is 41.5 Å². The van der Waals surface area contributed by atoms with Crippen LogP contribution in [0.25, 0.3) is 0 Å². The minimum Gasteiger partial charge on any atom is -0.465 e. The Morgan fingerprint density at radius 2 is 1.61 bits per heavy atom. The van der Waals surface area contributed by atoms with Crippen molar-refractivity contribution in [2.24, 2.45) is 11.8 Å². The van der Waals surface area contributed by atoms with E-state index in [4.69, 9.17) is 4.74 Å². The highest BCUT2D eigenvalue weighted by Crippen LogP contribution is 2.07. The molecule has 106 valence electrons. The maximum absolute atomic E-state index is 12.0. The van der Waals surface area contributed by atoms with E-state index >= 15 is 0 Å². The van der Waals surface area contributed by atoms with Crippen LogP contribution in [0, 0.1) is 11.8 Å². The van der Waals surface area contributed by atoms with Gasteiger partial charge in [0.25, 0.3) is 0 Å². The van der Waals surface area contributed by atoms with Crippen molar-refractivity contribution in [3.63, 3.8) is 0 Å². The first-order valence-electron chi connectivity index (χ1n) is 6.69. The summed E-state index contributed by atoms with van der Waals surface area (Å²) in [5.41, 5.74) is 0. The molecule has 0 aromatic carbocycles. The van der Waals surface area contributed by atoms with Crippen molar-refractivity contribution >= 4 is 11.8 Å². The summed E-state index contributed by atoms with van der Waals surface area (Å²) in [5, 5.41) is 3.13. The fourth-order valence-electron chi connectivity index (χ4n) is 1.53. The van der Waals surface area contributed by atoms with Crippen LogP contribution in [0.5, 0.6) is 0 Å². The third kappa shape index (κ3) is 7.43. The van der Waals surface area contributed by atoms with Gasteiger partial charge in [0.2, 0.25) is 0 Å². The van der Waals surface area contributed by atoms with Crippen LogP contribution in [0.1, 0.15) is 48.0 Å². The lowest BCUT2D eigenvalue weighted by atomic mass is 9.98. The van der Waals surface area contributed by atoms with E-state index in [0.29, 0.717) is 12.5 Å². The molecule has 0 radical (unpaired) electrons. The van der Waals surface area contributed by atoms with Gasteiger partial charge in [0.1, 0.15) is 0 Å². The van der Waals surface area contributed by atoms with Gasteiger partial charge in [-0.15, -0.1) is 0 Å². The minimum absolute atomic E-state index is 0.0604. The van der Waals surface area contributed by atoms with Gasteiger partial charge in [-0.1, -0.05) is 41.5 Å². The van der Waals surface area contributed by atoms with Gasteiger partial charge in [-0.2, -0.15) is 0 Å². The fourth-order valence-corrected chi connectivity index (χ4v) is 1.53. The van der Waals surface area contributed by atoms with E-state index < -0.39 is 6.04 Å². The molecular formula is C14H27NO3. The molecule has 0 aromatic rings. The molecule has 0 heterocycles. The summed E-state index contributed by atoms with van der Waals surface area (Å²) in [6.45, 7) is 12.0. The number of esters is 1. The number of nitrogens with one attached hydrogen (secondary N) is 1. The lowest BCUT2D eigenvalue weighted by molar-refractivity contribution is -0.147. The number of Topliss-reactive ketones (excluding diaryl/α,β-unsaturated/α-hetero) is 1. The molecule has 0 rings (SSSR count). The zero-order valence-electron chi connectivity index (χ0n) is 12.4. The maximum atomic E-state index is 12.0. The van der Waals surface area contributed by atoms with E-state index in [2.05, 4.69) is 5.32 Å². The molecule has 0 spiro atoms. The third-order valence-corrected chi connectivity index (χ3v) is 2.40. The van der Waals surface area contributed by atoms with Gasteiger partial charge in [0.15, 0.2) is 5.78 Å². The second-order valence-electron chi connectivity index (χ2n) is 5.71. The van der Waals surface area contributed by atoms with Crippen molar-refractivity contribution < 1.29 is 14.3 Å². The summed E-state index contributed by atoms with van der Waals surface area (Å²) < 4.78 is 5.11. The molecule has 0 saturated carbocycles. The van der Waals surface area contributed by atoms with E-state index in [9.17, 15) is 9.59 Å².